The van der Waals surface area contributed by atoms with E-state index in [9.17, 15) is 0 Å². The van der Waals surface area contributed by atoms with Crippen LogP contribution in [0.25, 0.3) is 0 Å². The van der Waals surface area contributed by atoms with E-state index in [0.29, 0.717) is 0 Å². The Hall–Kier alpha value is -0.970. The van der Waals surface area contributed by atoms with Gasteiger partial charge >= 0.3 is 0 Å². The maximum atomic E-state index is 5.92. The Morgan fingerprint density at radius 3 is 2.93 bits per heavy atom. The Balaban J connectivity index is 2.44. The van der Waals surface area contributed by atoms with Crippen LogP contribution in [0.2, 0.25) is 5.02 Å². The molecule has 1 aromatic carbocycles. The molecule has 0 atom stereocenters. The Kier molecular flexibility index (Phi) is 4.52. The summed E-state index contributed by atoms with van der Waals surface area (Å²) in [5.41, 5.74) is 2.35. The van der Waals surface area contributed by atoms with E-state index in [4.69, 9.17) is 18.0 Å². The topological polar surface area (TPSA) is 12.0 Å². The van der Waals surface area contributed by atoms with Crippen LogP contribution in [-0.4, -0.2) is 6.54 Å². The lowest BCUT2D eigenvalue weighted by Gasteiger charge is -2.04. The lowest BCUT2D eigenvalue weighted by Crippen LogP contribution is -2.14. The molecular weight excluding hydrogens is 194 g/mol. The number of aryl methyl sites for hydroxylation is 1. The molecule has 0 spiro atoms. The monoisotopic (exact) mass is 207 g/mol. The van der Waals surface area contributed by atoms with Crippen LogP contribution < -0.4 is 5.32 Å². The average molecular weight is 208 g/mol. The zero-order valence-corrected chi connectivity index (χ0v) is 9.06. The number of halogens is 1. The van der Waals surface area contributed by atoms with E-state index in [1.165, 1.54) is 5.56 Å². The van der Waals surface area contributed by atoms with Crippen molar-refractivity contribution in [3.63, 3.8) is 0 Å². The van der Waals surface area contributed by atoms with Crippen LogP contribution in [0.5, 0.6) is 0 Å². The largest absolute Gasteiger partial charge is 0.312 e. The second-order valence-corrected chi connectivity index (χ2v) is 3.62. The first-order valence-electron chi connectivity index (χ1n) is 4.63. The molecule has 0 bridgehead atoms. The van der Waals surface area contributed by atoms with Crippen LogP contribution in [0.1, 0.15) is 17.5 Å². The average Bonchev–Trinajstić information content (AvgIpc) is 2.18. The highest BCUT2D eigenvalue weighted by molar-refractivity contribution is 6.31. The second kappa shape index (κ2) is 5.70. The van der Waals surface area contributed by atoms with Crippen molar-refractivity contribution in [1.29, 1.82) is 0 Å². The molecule has 1 N–H and O–H groups in total. The summed E-state index contributed by atoms with van der Waals surface area (Å²) in [6.45, 7) is 3.71. The smallest absolute Gasteiger partial charge is 0.0435 e. The van der Waals surface area contributed by atoms with E-state index in [-0.39, 0.29) is 0 Å². The third-order valence-electron chi connectivity index (χ3n) is 2.00. The zero-order valence-electron chi connectivity index (χ0n) is 8.31. The first-order valence-corrected chi connectivity index (χ1v) is 5.01. The van der Waals surface area contributed by atoms with Gasteiger partial charge in [-0.15, -0.1) is 12.3 Å². The van der Waals surface area contributed by atoms with Gasteiger partial charge in [0.05, 0.1) is 0 Å². The lowest BCUT2D eigenvalue weighted by molar-refractivity contribution is 0.701. The first kappa shape index (κ1) is 11.1. The van der Waals surface area contributed by atoms with E-state index in [1.807, 2.05) is 19.1 Å². The summed E-state index contributed by atoms with van der Waals surface area (Å²) in [7, 11) is 0. The molecule has 0 saturated heterocycles. The van der Waals surface area contributed by atoms with Crippen molar-refractivity contribution in [2.45, 2.75) is 19.9 Å². The maximum Gasteiger partial charge on any atom is 0.0435 e. The van der Waals surface area contributed by atoms with Gasteiger partial charge < -0.3 is 5.32 Å². The molecule has 1 aromatic rings. The first-order chi connectivity index (χ1) is 6.74. The Bertz CT molecular complexity index is 339. The summed E-state index contributed by atoms with van der Waals surface area (Å²) >= 11 is 5.92. The molecule has 0 fully saturated rings. The fraction of sp³-hybridized carbons (Fsp3) is 0.333. The van der Waals surface area contributed by atoms with E-state index in [0.717, 1.165) is 30.1 Å². The van der Waals surface area contributed by atoms with Gasteiger partial charge in [-0.3, -0.25) is 0 Å². The number of nitrogens with one attached hydrogen (secondary N) is 1. The zero-order chi connectivity index (χ0) is 10.4. The summed E-state index contributed by atoms with van der Waals surface area (Å²) in [6.07, 6.45) is 5.91. The third kappa shape index (κ3) is 3.41. The molecule has 0 aliphatic rings. The summed E-state index contributed by atoms with van der Waals surface area (Å²) in [4.78, 5) is 0. The van der Waals surface area contributed by atoms with Crippen LogP contribution in [0.3, 0.4) is 0 Å². The number of terminal acetylenes is 1. The van der Waals surface area contributed by atoms with Gasteiger partial charge in [0.25, 0.3) is 0 Å². The van der Waals surface area contributed by atoms with Crippen LogP contribution in [0.15, 0.2) is 18.2 Å². The molecule has 0 unspecified atom stereocenters. The SMILES string of the molecule is C#CCCNCc1ccc(Cl)c(C)c1. The number of rotatable bonds is 4. The Morgan fingerprint density at radius 1 is 1.50 bits per heavy atom. The standard InChI is InChI=1S/C12H14ClN/c1-3-4-7-14-9-11-5-6-12(13)10(2)8-11/h1,5-6,8,14H,4,7,9H2,2H3. The van der Waals surface area contributed by atoms with Crippen LogP contribution in [-0.2, 0) is 6.54 Å². The van der Waals surface area contributed by atoms with Gasteiger partial charge in [-0.25, -0.2) is 0 Å². The molecule has 2 heteroatoms. The van der Waals surface area contributed by atoms with Gasteiger partial charge in [0.15, 0.2) is 0 Å². The minimum absolute atomic E-state index is 0.770. The molecule has 1 nitrogen and oxygen atoms in total. The molecule has 0 radical (unpaired) electrons. The molecule has 1 rings (SSSR count). The van der Waals surface area contributed by atoms with Crippen molar-refractivity contribution in [3.8, 4) is 12.3 Å². The second-order valence-electron chi connectivity index (χ2n) is 3.21. The Morgan fingerprint density at radius 2 is 2.29 bits per heavy atom. The summed E-state index contributed by atoms with van der Waals surface area (Å²) in [6, 6.07) is 6.04. The molecular formula is C12H14ClN. The van der Waals surface area contributed by atoms with Gasteiger partial charge in [0.1, 0.15) is 0 Å². The van der Waals surface area contributed by atoms with Crippen molar-refractivity contribution < 1.29 is 0 Å². The molecule has 0 aromatic heterocycles. The van der Waals surface area contributed by atoms with Crippen molar-refractivity contribution >= 4 is 11.6 Å². The highest BCUT2D eigenvalue weighted by Crippen LogP contribution is 2.15. The molecule has 0 saturated carbocycles. The molecule has 0 amide bonds. The summed E-state index contributed by atoms with van der Waals surface area (Å²) in [5.74, 6) is 2.59. The fourth-order valence-electron chi connectivity index (χ4n) is 1.21. The van der Waals surface area contributed by atoms with Gasteiger partial charge in [0.2, 0.25) is 0 Å². The van der Waals surface area contributed by atoms with E-state index in [2.05, 4.69) is 17.3 Å². The number of hydrogen-bond donors (Lipinski definition) is 1. The predicted octanol–water partition coefficient (Wildman–Crippen LogP) is 2.76. The minimum atomic E-state index is 0.770. The summed E-state index contributed by atoms with van der Waals surface area (Å²) in [5, 5.41) is 4.08. The van der Waals surface area contributed by atoms with Crippen LogP contribution in [0.4, 0.5) is 0 Å². The van der Waals surface area contributed by atoms with Crippen molar-refractivity contribution in [1.82, 2.24) is 5.32 Å². The van der Waals surface area contributed by atoms with E-state index >= 15 is 0 Å². The van der Waals surface area contributed by atoms with E-state index < -0.39 is 0 Å². The van der Waals surface area contributed by atoms with Crippen molar-refractivity contribution in [2.75, 3.05) is 6.54 Å². The van der Waals surface area contributed by atoms with Crippen LogP contribution in [0, 0.1) is 19.3 Å². The van der Waals surface area contributed by atoms with Gasteiger partial charge in [0, 0.05) is 24.5 Å². The normalized spacial score (nSPS) is 9.79. The van der Waals surface area contributed by atoms with Crippen LogP contribution >= 0.6 is 11.6 Å². The van der Waals surface area contributed by atoms with Gasteiger partial charge in [-0.05, 0) is 24.1 Å². The predicted molar refractivity (Wildman–Crippen MR) is 61.3 cm³/mol. The highest BCUT2D eigenvalue weighted by atomic mass is 35.5. The molecule has 0 aliphatic heterocycles. The van der Waals surface area contributed by atoms with Gasteiger partial charge in [-0.2, -0.15) is 0 Å². The highest BCUT2D eigenvalue weighted by Gasteiger charge is 1.96. The fourth-order valence-corrected chi connectivity index (χ4v) is 1.33. The molecule has 0 heterocycles. The number of hydrogen-bond acceptors (Lipinski definition) is 1. The quantitative estimate of drug-likeness (QED) is 0.592. The maximum absolute atomic E-state index is 5.92. The Labute approximate surface area is 90.5 Å². The van der Waals surface area contributed by atoms with Gasteiger partial charge in [-0.1, -0.05) is 23.7 Å². The van der Waals surface area contributed by atoms with E-state index in [1.54, 1.807) is 0 Å². The molecule has 74 valence electrons. The van der Waals surface area contributed by atoms with Crippen molar-refractivity contribution in [2.24, 2.45) is 0 Å². The van der Waals surface area contributed by atoms with Crippen molar-refractivity contribution in [3.05, 3.63) is 34.3 Å². The minimum Gasteiger partial charge on any atom is -0.312 e. The third-order valence-corrected chi connectivity index (χ3v) is 2.42. The molecule has 0 aliphatic carbocycles. The lowest BCUT2D eigenvalue weighted by atomic mass is 10.1. The molecule has 14 heavy (non-hydrogen) atoms. The number of benzene rings is 1. The summed E-state index contributed by atoms with van der Waals surface area (Å²) < 4.78 is 0.